The number of imidazole rings is 1. The van der Waals surface area contributed by atoms with Gasteiger partial charge in [0, 0.05) is 6.20 Å². The van der Waals surface area contributed by atoms with Crippen molar-refractivity contribution >= 4 is 28.9 Å². The number of para-hydroxylation sites is 2. The molecule has 1 aromatic carbocycles. The number of allylic oxidation sites excluding steroid dienone is 1. The van der Waals surface area contributed by atoms with Crippen LogP contribution in [0, 0.1) is 34.5 Å². The summed E-state index contributed by atoms with van der Waals surface area (Å²) in [5.41, 5.74) is 6.44. The van der Waals surface area contributed by atoms with Gasteiger partial charge in [-0.2, -0.15) is 0 Å². The molecular weight excluding hydrogens is 422 g/mol. The van der Waals surface area contributed by atoms with Crippen LogP contribution in [-0.2, 0) is 16.0 Å². The highest BCUT2D eigenvalue weighted by atomic mass is 16.5. The Balaban J connectivity index is 1.27. The lowest BCUT2D eigenvalue weighted by molar-refractivity contribution is -0.152. The monoisotopic (exact) mass is 455 g/mol. The first-order valence-electron chi connectivity index (χ1n) is 13.0. The zero-order chi connectivity index (χ0) is 23.2. The van der Waals surface area contributed by atoms with Crippen molar-refractivity contribution in [2.75, 3.05) is 7.11 Å². The van der Waals surface area contributed by atoms with Gasteiger partial charge in [0.05, 0.1) is 29.8 Å². The molecule has 0 N–H and O–H groups in total. The van der Waals surface area contributed by atoms with Crippen LogP contribution in [0.25, 0.3) is 22.9 Å². The first-order chi connectivity index (χ1) is 16.4. The van der Waals surface area contributed by atoms with Gasteiger partial charge in [-0.05, 0) is 97.3 Å². The maximum Gasteiger partial charge on any atom is 0.309 e. The van der Waals surface area contributed by atoms with Crippen LogP contribution in [0.5, 0.6) is 0 Å². The number of benzene rings is 1. The van der Waals surface area contributed by atoms with E-state index in [4.69, 9.17) is 14.7 Å². The summed E-state index contributed by atoms with van der Waals surface area (Å²) in [6, 6.07) is 8.31. The Labute approximate surface area is 200 Å². The van der Waals surface area contributed by atoms with Crippen molar-refractivity contribution < 1.29 is 9.53 Å². The van der Waals surface area contributed by atoms with E-state index in [-0.39, 0.29) is 22.7 Å². The summed E-state index contributed by atoms with van der Waals surface area (Å²) < 4.78 is 7.40. The van der Waals surface area contributed by atoms with Crippen LogP contribution in [0.3, 0.4) is 0 Å². The van der Waals surface area contributed by atoms with E-state index >= 15 is 0 Å². The quantitative estimate of drug-likeness (QED) is 0.432. The first-order valence-corrected chi connectivity index (χ1v) is 13.0. The molecule has 6 atom stereocenters. The maximum atomic E-state index is 12.6. The fourth-order valence-corrected chi connectivity index (χ4v) is 8.80. The van der Waals surface area contributed by atoms with Crippen LogP contribution in [0.2, 0.25) is 0 Å². The molecule has 5 nitrogen and oxygen atoms in total. The highest BCUT2D eigenvalue weighted by Crippen LogP contribution is 2.66. The molecule has 3 saturated carbocycles. The fourth-order valence-electron chi connectivity index (χ4n) is 8.80. The van der Waals surface area contributed by atoms with Gasteiger partial charge in [-0.15, -0.1) is 0 Å². The number of rotatable bonds is 1. The van der Waals surface area contributed by atoms with Crippen molar-refractivity contribution in [3.05, 3.63) is 47.3 Å². The molecule has 0 aliphatic heterocycles. The molecule has 0 spiro atoms. The van der Waals surface area contributed by atoms with E-state index in [1.165, 1.54) is 24.8 Å². The zero-order valence-corrected chi connectivity index (χ0v) is 20.4. The largest absolute Gasteiger partial charge is 0.469 e. The van der Waals surface area contributed by atoms with Crippen molar-refractivity contribution in [2.24, 2.45) is 34.5 Å². The summed E-state index contributed by atoms with van der Waals surface area (Å²) in [7, 11) is 1.55. The summed E-state index contributed by atoms with van der Waals surface area (Å²) in [4.78, 5) is 22.4. The molecule has 7 rings (SSSR count). The van der Waals surface area contributed by atoms with E-state index in [0.29, 0.717) is 17.8 Å². The van der Waals surface area contributed by atoms with Crippen molar-refractivity contribution in [1.82, 2.24) is 14.4 Å². The van der Waals surface area contributed by atoms with Crippen molar-refractivity contribution in [3.8, 4) is 0 Å². The molecule has 4 aliphatic rings. The molecule has 0 amide bonds. The van der Waals surface area contributed by atoms with Crippen LogP contribution in [0.4, 0.5) is 0 Å². The average molecular weight is 456 g/mol. The SMILES string of the molecule is COC(=O)[C@H]1CC[C@H]2[C@@H]3CCC4=Cc5nc6nc7ccccc7n6cc5C[C@]4(C)[C@H]3CC[C@]12C. The molecule has 3 fully saturated rings. The third-order valence-corrected chi connectivity index (χ3v) is 10.5. The Kier molecular flexibility index (Phi) is 4.21. The minimum absolute atomic E-state index is 0.0142. The van der Waals surface area contributed by atoms with E-state index in [2.05, 4.69) is 48.7 Å². The van der Waals surface area contributed by atoms with Crippen LogP contribution in [0.15, 0.2) is 36.0 Å². The Morgan fingerprint density at radius 2 is 1.94 bits per heavy atom. The summed E-state index contributed by atoms with van der Waals surface area (Å²) in [6.45, 7) is 4.90. The number of fused-ring (bicyclic) bond motifs is 9. The van der Waals surface area contributed by atoms with Gasteiger partial charge in [0.15, 0.2) is 0 Å². The number of hydrogen-bond donors (Lipinski definition) is 0. The maximum absolute atomic E-state index is 12.6. The molecule has 4 aliphatic carbocycles. The van der Waals surface area contributed by atoms with Gasteiger partial charge >= 0.3 is 5.97 Å². The van der Waals surface area contributed by atoms with Gasteiger partial charge in [-0.3, -0.25) is 9.20 Å². The molecule has 2 heterocycles. The number of methoxy groups -OCH3 is 1. The molecule has 3 aromatic rings. The second-order valence-corrected chi connectivity index (χ2v) is 11.8. The molecule has 0 radical (unpaired) electrons. The van der Waals surface area contributed by atoms with E-state index < -0.39 is 0 Å². The Morgan fingerprint density at radius 1 is 1.09 bits per heavy atom. The number of ether oxygens (including phenoxy) is 1. The zero-order valence-electron chi connectivity index (χ0n) is 20.4. The standard InChI is InChI=1S/C29H33N3O2/c1-28-13-12-21-19(20(28)10-11-22(28)26(33)34-3)9-8-18-14-24-17(15-29(18,21)2)16-32-25-7-5-4-6-23(25)30-27(32)31-24/h4-7,14,16,19-22H,8-13,15H2,1-3H3/t19-,20-,21-,22+,28-,29-/m0/s1. The highest BCUT2D eigenvalue weighted by Gasteiger charge is 2.60. The van der Waals surface area contributed by atoms with Crippen molar-refractivity contribution in [1.29, 1.82) is 0 Å². The predicted molar refractivity (Wildman–Crippen MR) is 132 cm³/mol. The lowest BCUT2D eigenvalue weighted by Gasteiger charge is -2.58. The number of aromatic nitrogens is 3. The minimum Gasteiger partial charge on any atom is -0.469 e. The van der Waals surface area contributed by atoms with Gasteiger partial charge in [0.25, 0.3) is 0 Å². The summed E-state index contributed by atoms with van der Waals surface area (Å²) in [6.07, 6.45) is 12.6. The van der Waals surface area contributed by atoms with Gasteiger partial charge in [0.1, 0.15) is 0 Å². The third kappa shape index (κ3) is 2.59. The number of carbonyl (C=O) groups excluding carboxylic acids is 1. The second kappa shape index (κ2) is 6.93. The first kappa shape index (κ1) is 20.7. The smallest absolute Gasteiger partial charge is 0.309 e. The Bertz CT molecular complexity index is 1370. The minimum atomic E-state index is 0.0142. The Hall–Kier alpha value is -2.69. The van der Waals surface area contributed by atoms with E-state index in [1.807, 2.05) is 6.07 Å². The van der Waals surface area contributed by atoms with E-state index in [1.54, 1.807) is 12.7 Å². The van der Waals surface area contributed by atoms with Gasteiger partial charge in [-0.1, -0.05) is 31.6 Å². The van der Waals surface area contributed by atoms with Gasteiger partial charge < -0.3 is 4.74 Å². The van der Waals surface area contributed by atoms with Crippen LogP contribution in [-0.4, -0.2) is 27.4 Å². The van der Waals surface area contributed by atoms with Crippen LogP contribution < -0.4 is 0 Å². The van der Waals surface area contributed by atoms with Gasteiger partial charge in [0.2, 0.25) is 5.78 Å². The normalized spacial score (nSPS) is 36.4. The lowest BCUT2D eigenvalue weighted by Crippen LogP contribution is -2.51. The number of esters is 1. The molecular formula is C29H33N3O2. The number of nitrogens with zero attached hydrogens (tertiary/aromatic N) is 3. The van der Waals surface area contributed by atoms with Crippen molar-refractivity contribution in [3.63, 3.8) is 0 Å². The van der Waals surface area contributed by atoms with Crippen LogP contribution in [0.1, 0.15) is 63.6 Å². The molecule has 0 bridgehead atoms. The topological polar surface area (TPSA) is 56.5 Å². The fraction of sp³-hybridized carbons (Fsp3) is 0.552. The molecule has 34 heavy (non-hydrogen) atoms. The summed E-state index contributed by atoms with van der Waals surface area (Å²) in [5.74, 6) is 2.89. The molecule has 176 valence electrons. The molecule has 5 heteroatoms. The number of carbonyl (C=O) groups is 1. The number of hydrogen-bond acceptors (Lipinski definition) is 4. The van der Waals surface area contributed by atoms with E-state index in [9.17, 15) is 4.79 Å². The predicted octanol–water partition coefficient (Wildman–Crippen LogP) is 5.85. The van der Waals surface area contributed by atoms with Crippen molar-refractivity contribution in [2.45, 2.75) is 58.8 Å². The van der Waals surface area contributed by atoms with Crippen LogP contribution >= 0.6 is 0 Å². The summed E-state index contributed by atoms with van der Waals surface area (Å²) in [5, 5.41) is 0. The molecule has 2 aromatic heterocycles. The highest BCUT2D eigenvalue weighted by molar-refractivity contribution is 5.80. The molecule has 0 saturated heterocycles. The second-order valence-electron chi connectivity index (χ2n) is 11.8. The lowest BCUT2D eigenvalue weighted by atomic mass is 9.47. The third-order valence-electron chi connectivity index (χ3n) is 10.5. The van der Waals surface area contributed by atoms with Gasteiger partial charge in [-0.25, -0.2) is 9.97 Å². The van der Waals surface area contributed by atoms with E-state index in [0.717, 1.165) is 48.2 Å². The summed E-state index contributed by atoms with van der Waals surface area (Å²) >= 11 is 0. The Morgan fingerprint density at radius 3 is 2.79 bits per heavy atom. The molecule has 0 unspecified atom stereocenters. The average Bonchev–Trinajstić information content (AvgIpc) is 3.37.